The molecule has 0 bridgehead atoms. The van der Waals surface area contributed by atoms with Crippen molar-refractivity contribution in [3.63, 3.8) is 0 Å². The minimum atomic E-state index is -4.80. The molecule has 0 radical (unpaired) electrons. The highest BCUT2D eigenvalue weighted by molar-refractivity contribution is 5.56. The van der Waals surface area contributed by atoms with Gasteiger partial charge in [-0.3, -0.25) is 4.90 Å². The average molecular weight is 581 g/mol. The Morgan fingerprint density at radius 1 is 1.24 bits per heavy atom. The summed E-state index contributed by atoms with van der Waals surface area (Å²) in [7, 11) is 0. The Bertz CT molecular complexity index is 1380. The van der Waals surface area contributed by atoms with Gasteiger partial charge in [-0.05, 0) is 37.9 Å². The first-order valence-corrected chi connectivity index (χ1v) is 14.1. The number of hydrogen-bond donors (Lipinski definition) is 2. The second kappa shape index (κ2) is 9.37. The molecule has 7 rings (SSSR count). The van der Waals surface area contributed by atoms with Crippen molar-refractivity contribution in [2.24, 2.45) is 5.41 Å². The Hall–Kier alpha value is -2.77. The van der Waals surface area contributed by atoms with Crippen molar-refractivity contribution in [3.05, 3.63) is 39.8 Å². The number of nitrogens with two attached hydrogens (primary N) is 1. The van der Waals surface area contributed by atoms with Crippen molar-refractivity contribution in [1.29, 1.82) is 0 Å². The van der Waals surface area contributed by atoms with Crippen LogP contribution in [0.2, 0.25) is 0 Å². The maximum absolute atomic E-state index is 15.3. The van der Waals surface area contributed by atoms with Crippen LogP contribution in [0.15, 0.2) is 6.07 Å². The number of halogens is 5. The van der Waals surface area contributed by atoms with E-state index in [9.17, 15) is 17.6 Å². The van der Waals surface area contributed by atoms with Gasteiger partial charge in [-0.25, -0.2) is 8.78 Å². The molecule has 1 unspecified atom stereocenters. The lowest BCUT2D eigenvalue weighted by molar-refractivity contribution is -0.140. The maximum Gasteiger partial charge on any atom is 0.417 e. The van der Waals surface area contributed by atoms with Crippen molar-refractivity contribution in [2.45, 2.75) is 63.2 Å². The van der Waals surface area contributed by atoms with E-state index in [2.05, 4.69) is 20.1 Å². The molecule has 1 aromatic carbocycles. The number of hydrogen-bond acceptors (Lipinski definition) is 8. The van der Waals surface area contributed by atoms with Crippen LogP contribution in [0.3, 0.4) is 0 Å². The van der Waals surface area contributed by atoms with Crippen molar-refractivity contribution < 1.29 is 31.4 Å². The lowest BCUT2D eigenvalue weighted by atomic mass is 9.74. The molecule has 0 aliphatic carbocycles. The van der Waals surface area contributed by atoms with Gasteiger partial charge in [-0.1, -0.05) is 0 Å². The summed E-state index contributed by atoms with van der Waals surface area (Å²) in [5.74, 6) is -0.511. The lowest BCUT2D eigenvalue weighted by Gasteiger charge is -2.56. The molecule has 222 valence electrons. The molecule has 0 amide bonds. The monoisotopic (exact) mass is 580 g/mol. The molecule has 13 heteroatoms. The molecule has 3 N–H and O–H groups in total. The summed E-state index contributed by atoms with van der Waals surface area (Å²) in [6.45, 7) is 5.97. The van der Waals surface area contributed by atoms with Crippen LogP contribution in [0.1, 0.15) is 53.3 Å². The van der Waals surface area contributed by atoms with Gasteiger partial charge in [0, 0.05) is 62.1 Å². The number of anilines is 2. The minimum absolute atomic E-state index is 0.0802. The van der Waals surface area contributed by atoms with Crippen molar-refractivity contribution >= 4 is 11.5 Å². The normalized spacial score (nSPS) is 28.8. The third-order valence-electron chi connectivity index (χ3n) is 9.57. The topological polar surface area (TPSA) is 88.8 Å². The Morgan fingerprint density at radius 2 is 2.02 bits per heavy atom. The number of nitrogen functional groups attached to an aromatic ring is 1. The molecule has 4 saturated heterocycles. The van der Waals surface area contributed by atoms with Crippen LogP contribution >= 0.6 is 0 Å². The van der Waals surface area contributed by atoms with Crippen molar-refractivity contribution in [2.75, 3.05) is 56.5 Å². The van der Waals surface area contributed by atoms with Gasteiger partial charge in [0.25, 0.3) is 0 Å². The van der Waals surface area contributed by atoms with Gasteiger partial charge in [0.1, 0.15) is 18.6 Å². The van der Waals surface area contributed by atoms with E-state index in [-0.39, 0.29) is 42.3 Å². The van der Waals surface area contributed by atoms with Crippen molar-refractivity contribution in [1.82, 2.24) is 20.2 Å². The van der Waals surface area contributed by atoms with E-state index in [1.54, 1.807) is 0 Å². The fraction of sp³-hybridized carbons (Fsp3) is 0.643. The molecule has 41 heavy (non-hydrogen) atoms. The Balaban J connectivity index is 1.23. The predicted molar refractivity (Wildman–Crippen MR) is 140 cm³/mol. The maximum atomic E-state index is 15.3. The van der Waals surface area contributed by atoms with Crippen LogP contribution in [0.5, 0.6) is 6.01 Å². The number of alkyl halides is 4. The third kappa shape index (κ3) is 4.42. The van der Waals surface area contributed by atoms with Crippen LogP contribution in [0.25, 0.3) is 0 Å². The van der Waals surface area contributed by atoms with Crippen LogP contribution in [0.4, 0.5) is 33.5 Å². The number of fused-ring (bicyclic) bond motifs is 2. The zero-order valence-electron chi connectivity index (χ0n) is 22.8. The molecule has 1 spiro atoms. The van der Waals surface area contributed by atoms with Gasteiger partial charge in [-0.15, -0.1) is 0 Å². The number of ether oxygens (including phenoxy) is 2. The molecule has 1 aromatic heterocycles. The fourth-order valence-electron chi connectivity index (χ4n) is 7.53. The second-order valence-electron chi connectivity index (χ2n) is 12.5. The fourth-order valence-corrected chi connectivity index (χ4v) is 7.53. The van der Waals surface area contributed by atoms with Gasteiger partial charge in [-0.2, -0.15) is 23.1 Å². The highest BCUT2D eigenvalue weighted by Crippen LogP contribution is 2.46. The molecule has 8 nitrogen and oxygen atoms in total. The summed E-state index contributed by atoms with van der Waals surface area (Å²) >= 11 is 0. The standard InChI is InChI=1S/C28H33F5N6O2/c1-15-5-18(34)23(30)21(22(15)28(31,32)33)20-6-19-17(9-40-20)24(38-12-26(13-38)10-35-11-26)37-25(36-19)41-14-27-3-2-4-39(27)8-16(29)7-27/h5,16,20,35H,2-4,6-14,34H2,1H3/t16-,20?,27+/m1/s1. The number of aryl methyl sites for hydroxylation is 1. The molecular formula is C28H33F5N6O2. The molecule has 5 aliphatic rings. The number of nitrogens with zero attached hydrogens (tertiary/aromatic N) is 4. The van der Waals surface area contributed by atoms with E-state index in [0.29, 0.717) is 30.0 Å². The highest BCUT2D eigenvalue weighted by atomic mass is 19.4. The molecule has 0 saturated carbocycles. The summed E-state index contributed by atoms with van der Waals surface area (Å²) in [4.78, 5) is 13.6. The van der Waals surface area contributed by atoms with E-state index in [0.717, 1.165) is 51.6 Å². The zero-order valence-corrected chi connectivity index (χ0v) is 22.8. The molecule has 3 atom stereocenters. The zero-order chi connectivity index (χ0) is 28.7. The number of rotatable bonds is 5. The molecule has 6 heterocycles. The summed E-state index contributed by atoms with van der Waals surface area (Å²) in [5.41, 5.74) is 4.43. The van der Waals surface area contributed by atoms with Gasteiger partial charge in [0.15, 0.2) is 5.82 Å². The Kier molecular flexibility index (Phi) is 6.19. The highest BCUT2D eigenvalue weighted by Gasteiger charge is 2.51. The number of benzene rings is 1. The molecule has 2 aromatic rings. The largest absolute Gasteiger partial charge is 0.461 e. The first kappa shape index (κ1) is 27.1. The Morgan fingerprint density at radius 3 is 2.73 bits per heavy atom. The van der Waals surface area contributed by atoms with Gasteiger partial charge >= 0.3 is 12.2 Å². The summed E-state index contributed by atoms with van der Waals surface area (Å²) in [6.07, 6.45) is -4.90. The van der Waals surface area contributed by atoms with Crippen LogP contribution in [-0.2, 0) is 23.9 Å². The smallest absolute Gasteiger partial charge is 0.417 e. The molecule has 4 fully saturated rings. The average Bonchev–Trinajstić information content (AvgIpc) is 3.37. The van der Waals surface area contributed by atoms with E-state index in [1.165, 1.54) is 6.92 Å². The number of nitrogens with one attached hydrogen (secondary N) is 1. The van der Waals surface area contributed by atoms with E-state index in [4.69, 9.17) is 20.2 Å². The predicted octanol–water partition coefficient (Wildman–Crippen LogP) is 3.70. The number of aromatic nitrogens is 2. The van der Waals surface area contributed by atoms with E-state index >= 15 is 4.39 Å². The van der Waals surface area contributed by atoms with Crippen LogP contribution in [-0.4, -0.2) is 72.5 Å². The Labute approximate surface area is 234 Å². The summed E-state index contributed by atoms with van der Waals surface area (Å²) in [5, 5.41) is 3.30. The van der Waals surface area contributed by atoms with Crippen LogP contribution < -0.4 is 20.7 Å². The summed E-state index contributed by atoms with van der Waals surface area (Å²) in [6, 6.07) is 1.09. The van der Waals surface area contributed by atoms with Gasteiger partial charge in [0.05, 0.1) is 35.2 Å². The van der Waals surface area contributed by atoms with Gasteiger partial charge in [0.2, 0.25) is 0 Å². The minimum Gasteiger partial charge on any atom is -0.461 e. The van der Waals surface area contributed by atoms with E-state index < -0.39 is 40.9 Å². The molecular weight excluding hydrogens is 547 g/mol. The van der Waals surface area contributed by atoms with Crippen molar-refractivity contribution in [3.8, 4) is 6.01 Å². The SMILES string of the molecule is Cc1cc(N)c(F)c(C2Cc3nc(OC[C@@]45CCCN4C[C@H](F)C5)nc(N4CC5(CNC5)C4)c3CO2)c1C(F)(F)F. The third-order valence-corrected chi connectivity index (χ3v) is 9.57. The summed E-state index contributed by atoms with van der Waals surface area (Å²) < 4.78 is 83.9. The first-order valence-electron chi connectivity index (χ1n) is 14.1. The lowest BCUT2D eigenvalue weighted by Crippen LogP contribution is -2.71. The first-order chi connectivity index (χ1) is 19.5. The quantitative estimate of drug-likeness (QED) is 0.409. The van der Waals surface area contributed by atoms with Gasteiger partial charge < -0.3 is 25.4 Å². The molecule has 5 aliphatic heterocycles. The second-order valence-corrected chi connectivity index (χ2v) is 12.5. The van der Waals surface area contributed by atoms with Crippen LogP contribution in [0, 0.1) is 18.2 Å². The van der Waals surface area contributed by atoms with E-state index in [1.807, 2.05) is 0 Å².